The highest BCUT2D eigenvalue weighted by molar-refractivity contribution is 8.17. The minimum absolute atomic E-state index is 0.0409. The number of oxime groups is 1. The van der Waals surface area contributed by atoms with Crippen LogP contribution in [-0.2, 0) is 39.9 Å². The lowest BCUT2D eigenvalue weighted by Gasteiger charge is -2.49. The molecule has 14 heteroatoms. The van der Waals surface area contributed by atoms with Gasteiger partial charge in [0.15, 0.2) is 22.1 Å². The summed E-state index contributed by atoms with van der Waals surface area (Å²) in [5.41, 5.74) is 4.12. The van der Waals surface area contributed by atoms with Crippen molar-refractivity contribution in [2.45, 2.75) is 35.6 Å². The van der Waals surface area contributed by atoms with Crippen LogP contribution in [0.4, 0.5) is 5.13 Å². The second kappa shape index (κ2) is 23.4. The monoisotopic (exact) mass is 1090 g/mol. The molecule has 11 rings (SSSR count). The molecule has 1 unspecified atom stereocenters. The molecule has 79 heavy (non-hydrogen) atoms. The van der Waals surface area contributed by atoms with Crippen LogP contribution in [0, 0.1) is 0 Å². The van der Waals surface area contributed by atoms with Crippen LogP contribution in [0.25, 0.3) is 0 Å². The maximum Gasteiger partial charge on any atom is 0.356 e. The van der Waals surface area contributed by atoms with Gasteiger partial charge in [0.05, 0.1) is 0 Å². The molecule has 2 aliphatic rings. The van der Waals surface area contributed by atoms with E-state index < -0.39 is 46.4 Å². The molecule has 1 saturated heterocycles. The molecule has 2 N–H and O–H groups in total. The predicted molar refractivity (Wildman–Crippen MR) is 313 cm³/mol. The van der Waals surface area contributed by atoms with E-state index in [9.17, 15) is 14.4 Å². The van der Waals surface area contributed by atoms with E-state index in [4.69, 9.17) is 19.7 Å². The summed E-state index contributed by atoms with van der Waals surface area (Å²) < 4.78 is 6.32. The van der Waals surface area contributed by atoms with Crippen LogP contribution in [-0.4, -0.2) is 55.7 Å². The summed E-state index contributed by atoms with van der Waals surface area (Å²) in [7, 11) is 0. The van der Waals surface area contributed by atoms with Gasteiger partial charge in [-0.15, -0.1) is 23.1 Å². The molecule has 0 saturated carbocycles. The van der Waals surface area contributed by atoms with Crippen molar-refractivity contribution >= 4 is 68.6 Å². The number of hydrogen-bond acceptors (Lipinski definition) is 12. The number of nitrogens with zero attached hydrogens (tertiary/aromatic N) is 3. The number of carbonyl (C=O) groups excluding carboxylic acids is 4. The summed E-state index contributed by atoms with van der Waals surface area (Å²) in [6, 6.07) is 76.9. The first-order chi connectivity index (χ1) is 38.7. The summed E-state index contributed by atoms with van der Waals surface area (Å²) in [4.78, 5) is 71.4. The number of rotatable bonds is 18. The number of β-lactam (4-membered cyclic amide) rings is 1. The number of benzene rings is 8. The van der Waals surface area contributed by atoms with E-state index in [0.717, 1.165) is 56.3 Å². The highest BCUT2D eigenvalue weighted by atomic mass is 32.2. The highest BCUT2D eigenvalue weighted by Crippen LogP contribution is 2.46. The van der Waals surface area contributed by atoms with Crippen molar-refractivity contribution in [1.29, 1.82) is 0 Å². The average molecular weight is 1090 g/mol. The van der Waals surface area contributed by atoms with E-state index in [1.54, 1.807) is 5.38 Å². The largest absolute Gasteiger partial charge is 0.448 e. The Morgan fingerprint density at radius 1 is 0.620 bits per heavy atom. The molecular weight excluding hydrogens is 1040 g/mol. The number of anilines is 1. The molecular formula is C65H51N5O6S3. The van der Waals surface area contributed by atoms with Crippen molar-refractivity contribution < 1.29 is 28.8 Å². The minimum Gasteiger partial charge on any atom is -0.448 e. The maximum absolute atomic E-state index is 15.4. The molecule has 0 aliphatic carbocycles. The Hall–Kier alpha value is -8.82. The molecule has 3 heterocycles. The van der Waals surface area contributed by atoms with Gasteiger partial charge in [0, 0.05) is 39.7 Å². The number of hydrogen-bond donors (Lipinski definition) is 2. The molecule has 2 aliphatic heterocycles. The zero-order valence-electron chi connectivity index (χ0n) is 42.6. The number of fused-ring (bicyclic) bond motifs is 1. The summed E-state index contributed by atoms with van der Waals surface area (Å²) in [5, 5.41) is 12.9. The third-order valence-corrected chi connectivity index (χ3v) is 16.9. The number of amides is 2. The van der Waals surface area contributed by atoms with E-state index in [2.05, 4.69) is 47.0 Å². The maximum atomic E-state index is 15.4. The van der Waals surface area contributed by atoms with Crippen LogP contribution >= 0.6 is 34.9 Å². The van der Waals surface area contributed by atoms with E-state index in [1.165, 1.54) is 34.9 Å². The van der Waals surface area contributed by atoms with Gasteiger partial charge in [0.2, 0.25) is 5.60 Å². The van der Waals surface area contributed by atoms with Crippen LogP contribution < -0.4 is 10.6 Å². The molecule has 390 valence electrons. The number of esters is 1. The first-order valence-corrected chi connectivity index (χ1v) is 28.3. The molecule has 2 atom stereocenters. The number of thiazole rings is 1. The van der Waals surface area contributed by atoms with Crippen LogP contribution in [0.1, 0.15) is 63.2 Å². The SMILES string of the molecule is CC(=O)SC1=C(C(=O)OC(c2ccccc2)c2ccccc2)N2C(=O)C(NC(=O)/C(=N\OC(c3ccccc3)(c3ccccc3)c3ccccc3)c3csc(NC(c4ccccc4)(c4ccccc4)c4ccccc4)n3)[C@H]2SC1. The highest BCUT2D eigenvalue weighted by Gasteiger charge is 2.55. The minimum atomic E-state index is -1.39. The molecule has 0 bridgehead atoms. The number of aromatic nitrogens is 1. The first kappa shape index (κ1) is 52.2. The van der Waals surface area contributed by atoms with Gasteiger partial charge in [-0.2, -0.15) is 0 Å². The zero-order valence-corrected chi connectivity index (χ0v) is 45.1. The first-order valence-electron chi connectivity index (χ1n) is 25.6. The summed E-state index contributed by atoms with van der Waals surface area (Å²) >= 11 is 3.50. The zero-order chi connectivity index (χ0) is 54.2. The lowest BCUT2D eigenvalue weighted by Crippen LogP contribution is -2.71. The van der Waals surface area contributed by atoms with E-state index in [-0.39, 0.29) is 28.0 Å². The van der Waals surface area contributed by atoms with Gasteiger partial charge in [0.25, 0.3) is 11.8 Å². The lowest BCUT2D eigenvalue weighted by molar-refractivity contribution is -0.154. The number of ether oxygens (including phenoxy) is 1. The molecule has 1 fully saturated rings. The van der Waals surface area contributed by atoms with Crippen molar-refractivity contribution in [1.82, 2.24) is 15.2 Å². The fourth-order valence-corrected chi connectivity index (χ4v) is 13.2. The molecule has 0 spiro atoms. The van der Waals surface area contributed by atoms with Gasteiger partial charge >= 0.3 is 5.97 Å². The second-order valence-corrected chi connectivity index (χ2v) is 21.9. The lowest BCUT2D eigenvalue weighted by atomic mass is 9.77. The molecule has 9 aromatic rings. The Morgan fingerprint density at radius 3 is 1.47 bits per heavy atom. The van der Waals surface area contributed by atoms with E-state index >= 15 is 4.79 Å². The number of carbonyl (C=O) groups is 4. The molecule has 8 aromatic carbocycles. The topological polar surface area (TPSA) is 139 Å². The Bertz CT molecular complexity index is 3420. The molecule has 1 aromatic heterocycles. The summed E-state index contributed by atoms with van der Waals surface area (Å²) in [6.45, 7) is 1.41. The van der Waals surface area contributed by atoms with E-state index in [1.807, 2.05) is 206 Å². The fourth-order valence-electron chi connectivity index (χ4n) is 10.2. The van der Waals surface area contributed by atoms with Crippen molar-refractivity contribution in [2.75, 3.05) is 11.1 Å². The Balaban J connectivity index is 0.987. The average Bonchev–Trinajstić information content (AvgIpc) is 4.14. The van der Waals surface area contributed by atoms with Crippen LogP contribution in [0.15, 0.2) is 264 Å². The Labute approximate surface area is 470 Å². The Kier molecular flexibility index (Phi) is 15.5. The smallest absolute Gasteiger partial charge is 0.356 e. The fraction of sp³-hybridized carbons (Fsp3) is 0.108. The molecule has 2 amide bonds. The summed E-state index contributed by atoms with van der Waals surface area (Å²) in [6.07, 6.45) is -0.824. The third kappa shape index (κ3) is 10.5. The normalized spacial score (nSPS) is 15.4. The van der Waals surface area contributed by atoms with Crippen LogP contribution in [0.2, 0.25) is 0 Å². The Morgan fingerprint density at radius 2 is 1.04 bits per heavy atom. The van der Waals surface area contributed by atoms with Gasteiger partial charge in [-0.3, -0.25) is 19.3 Å². The van der Waals surface area contributed by atoms with Crippen molar-refractivity contribution in [3.8, 4) is 0 Å². The van der Waals surface area contributed by atoms with Crippen LogP contribution in [0.3, 0.4) is 0 Å². The number of nitrogens with one attached hydrogen (secondary N) is 2. The van der Waals surface area contributed by atoms with Crippen molar-refractivity contribution in [3.05, 3.63) is 309 Å². The van der Waals surface area contributed by atoms with Crippen LogP contribution in [0.5, 0.6) is 0 Å². The van der Waals surface area contributed by atoms with Gasteiger partial charge in [-0.25, -0.2) is 9.78 Å². The predicted octanol–water partition coefficient (Wildman–Crippen LogP) is 12.5. The van der Waals surface area contributed by atoms with E-state index in [0.29, 0.717) is 10.0 Å². The third-order valence-electron chi connectivity index (χ3n) is 13.8. The van der Waals surface area contributed by atoms with Gasteiger partial charge in [-0.1, -0.05) is 260 Å². The summed E-state index contributed by atoms with van der Waals surface area (Å²) in [5.74, 6) is -1.90. The number of thioether (sulfide) groups is 2. The van der Waals surface area contributed by atoms with Gasteiger partial charge < -0.3 is 20.2 Å². The van der Waals surface area contributed by atoms with Gasteiger partial charge in [0.1, 0.15) is 28.3 Å². The standard InChI is InChI=1S/C65H51N5O6S3/c1-44(71)79-54-43-77-61-56(60(73)70(61)57(54)62(74)75-58(45-26-10-2-11-27-45)46-28-12-3-13-29-46)67-59(72)55(69-76-65(50-36-20-7-21-37-50,51-38-22-8-23-39-51)52-40-24-9-25-41-52)53-42-78-63(66-53)68-64(47-30-14-4-15-31-47,48-32-16-5-17-33-48)49-34-18-6-19-35-49/h2-42,56,58,61H,43H2,1H3,(H,66,68)(H,67,72)/b69-55-/t56?,61-/m1/s1. The molecule has 11 nitrogen and oxygen atoms in total. The van der Waals surface area contributed by atoms with Gasteiger partial charge in [-0.05, 0) is 27.8 Å². The van der Waals surface area contributed by atoms with Crippen molar-refractivity contribution in [3.63, 3.8) is 0 Å². The second-order valence-electron chi connectivity index (χ2n) is 18.7. The molecule has 0 radical (unpaired) electrons. The quantitative estimate of drug-likeness (QED) is 0.0281. The van der Waals surface area contributed by atoms with Crippen molar-refractivity contribution in [2.24, 2.45) is 5.16 Å².